The van der Waals surface area contributed by atoms with Crippen molar-refractivity contribution in [2.45, 2.75) is 20.8 Å². The Morgan fingerprint density at radius 2 is 1.60 bits per heavy atom. The second kappa shape index (κ2) is 4.66. The van der Waals surface area contributed by atoms with Crippen LogP contribution in [0.2, 0.25) is 0 Å². The molecule has 0 unspecified atom stereocenters. The normalized spacial score (nSPS) is 24.1. The average Bonchev–Trinajstić information content (AvgIpc) is 2.65. The van der Waals surface area contributed by atoms with Crippen LogP contribution in [0.1, 0.15) is 20.8 Å². The quantitative estimate of drug-likeness (QED) is 0.526. The maximum Gasteiger partial charge on any atom is 0.333 e. The fourth-order valence-electron chi connectivity index (χ4n) is 2.11. The zero-order valence-corrected chi connectivity index (χ0v) is 12.2. The molecule has 0 saturated carbocycles. The number of urea groups is 1. The molecule has 0 bridgehead atoms. The number of amides is 4. The first-order valence-corrected chi connectivity index (χ1v) is 6.28. The summed E-state index contributed by atoms with van der Waals surface area (Å²) in [6.45, 7) is 5.45. The fraction of sp³-hybridized carbons (Fsp3) is 0.462. The van der Waals surface area contributed by atoms with Gasteiger partial charge in [0.15, 0.2) is 5.57 Å². The average molecular weight is 279 g/mol. The summed E-state index contributed by atoms with van der Waals surface area (Å²) in [4.78, 5) is 40.0. The van der Waals surface area contributed by atoms with Crippen LogP contribution in [0.5, 0.6) is 0 Å². The van der Waals surface area contributed by atoms with Crippen molar-refractivity contribution in [1.29, 1.82) is 0 Å². The third-order valence-corrected chi connectivity index (χ3v) is 3.59. The van der Waals surface area contributed by atoms with Gasteiger partial charge in [-0.3, -0.25) is 19.4 Å². The lowest BCUT2D eigenvalue weighted by Crippen LogP contribution is -2.55. The number of barbiturate groups is 1. The Kier molecular flexibility index (Phi) is 3.29. The first-order valence-electron chi connectivity index (χ1n) is 6.28. The van der Waals surface area contributed by atoms with Crippen LogP contribution in [0.4, 0.5) is 4.79 Å². The number of ether oxygens (including phenoxy) is 1. The smallest absolute Gasteiger partial charge is 0.333 e. The lowest BCUT2D eigenvalue weighted by Gasteiger charge is -2.31. The van der Waals surface area contributed by atoms with Crippen LogP contribution in [0.3, 0.4) is 0 Å². The highest BCUT2D eigenvalue weighted by Gasteiger charge is 2.44. The first kappa shape index (κ1) is 14.1. The predicted molar refractivity (Wildman–Crippen MR) is 69.8 cm³/mol. The molecule has 108 valence electrons. The predicted octanol–water partition coefficient (Wildman–Crippen LogP) is 0.852. The van der Waals surface area contributed by atoms with E-state index >= 15 is 0 Å². The van der Waals surface area contributed by atoms with Gasteiger partial charge in [-0.1, -0.05) is 0 Å². The minimum atomic E-state index is -0.644. The summed E-state index contributed by atoms with van der Waals surface area (Å²) < 4.78 is 5.52. The highest BCUT2D eigenvalue weighted by molar-refractivity contribution is 6.28. The highest BCUT2D eigenvalue weighted by atomic mass is 16.5. The van der Waals surface area contributed by atoms with Crippen molar-refractivity contribution in [3.63, 3.8) is 0 Å². The van der Waals surface area contributed by atoms with Crippen LogP contribution in [0.25, 0.3) is 0 Å². The molecule has 0 aliphatic carbocycles. The molecular formula is C13H17N3O4. The summed E-state index contributed by atoms with van der Waals surface area (Å²) in [5, 5.41) is 0. The lowest BCUT2D eigenvalue weighted by atomic mass is 10.1. The molecule has 0 aromatic rings. The number of carbonyl (C=O) groups excluding carboxylic acids is 3. The standard InChI is InChI=1S/C13H17N3O4/c1-6-16-11(18)9(10(17)15(5)13(16)19)12-14(4)7(2)8(3)20-12/h6H2,1-5H3/b12-9+. The van der Waals surface area contributed by atoms with Crippen molar-refractivity contribution in [1.82, 2.24) is 14.7 Å². The van der Waals surface area contributed by atoms with Gasteiger partial charge in [0.25, 0.3) is 11.8 Å². The van der Waals surface area contributed by atoms with Crippen molar-refractivity contribution in [3.05, 3.63) is 22.9 Å². The molecular weight excluding hydrogens is 262 g/mol. The monoisotopic (exact) mass is 279 g/mol. The van der Waals surface area contributed by atoms with E-state index in [-0.39, 0.29) is 18.0 Å². The third-order valence-electron chi connectivity index (χ3n) is 3.59. The van der Waals surface area contributed by atoms with E-state index in [0.29, 0.717) is 5.76 Å². The van der Waals surface area contributed by atoms with Gasteiger partial charge in [-0.15, -0.1) is 0 Å². The number of hydrogen-bond acceptors (Lipinski definition) is 5. The van der Waals surface area contributed by atoms with Crippen LogP contribution in [0, 0.1) is 0 Å². The Balaban J connectivity index is 2.54. The van der Waals surface area contributed by atoms with Gasteiger partial charge in [-0.05, 0) is 20.8 Å². The molecule has 7 nitrogen and oxygen atoms in total. The summed E-state index contributed by atoms with van der Waals surface area (Å²) >= 11 is 0. The summed E-state index contributed by atoms with van der Waals surface area (Å²) in [6, 6.07) is -0.617. The minimum Gasteiger partial charge on any atom is -0.443 e. The largest absolute Gasteiger partial charge is 0.443 e. The molecule has 2 rings (SSSR count). The zero-order chi connectivity index (χ0) is 15.2. The van der Waals surface area contributed by atoms with E-state index in [0.717, 1.165) is 15.5 Å². The van der Waals surface area contributed by atoms with Crippen LogP contribution >= 0.6 is 0 Å². The van der Waals surface area contributed by atoms with E-state index < -0.39 is 17.8 Å². The van der Waals surface area contributed by atoms with E-state index in [1.54, 1.807) is 25.8 Å². The molecule has 7 heteroatoms. The van der Waals surface area contributed by atoms with E-state index in [1.165, 1.54) is 7.05 Å². The number of allylic oxidation sites excluding steroid dienone is 2. The van der Waals surface area contributed by atoms with Crippen LogP contribution in [-0.2, 0) is 14.3 Å². The Labute approximate surface area is 117 Å². The van der Waals surface area contributed by atoms with E-state index in [4.69, 9.17) is 4.74 Å². The summed E-state index contributed by atoms with van der Waals surface area (Å²) in [5.41, 5.74) is 0.698. The van der Waals surface area contributed by atoms with Crippen LogP contribution < -0.4 is 0 Å². The Hall–Kier alpha value is -2.31. The number of hydrogen-bond donors (Lipinski definition) is 0. The highest BCUT2D eigenvalue weighted by Crippen LogP contribution is 2.31. The SMILES string of the molecule is CCN1C(=O)/C(=C2/OC(C)=C(C)N2C)C(=O)N(C)C1=O. The van der Waals surface area contributed by atoms with E-state index in [1.807, 2.05) is 6.92 Å². The van der Waals surface area contributed by atoms with Gasteiger partial charge in [0.05, 0.1) is 5.70 Å². The summed E-state index contributed by atoms with van der Waals surface area (Å²) in [7, 11) is 3.06. The number of imide groups is 2. The maximum atomic E-state index is 12.3. The van der Waals surface area contributed by atoms with Crippen molar-refractivity contribution >= 4 is 17.8 Å². The first-order chi connectivity index (χ1) is 9.31. The van der Waals surface area contributed by atoms with Gasteiger partial charge in [-0.25, -0.2) is 4.79 Å². The minimum absolute atomic E-state index is 0.118. The molecule has 2 aliphatic heterocycles. The number of likely N-dealkylation sites (N-methyl/N-ethyl adjacent to an activating group) is 2. The molecule has 0 aromatic carbocycles. The van der Waals surface area contributed by atoms with Crippen LogP contribution in [0.15, 0.2) is 22.9 Å². The molecule has 0 atom stereocenters. The number of carbonyl (C=O) groups is 3. The molecule has 1 fully saturated rings. The lowest BCUT2D eigenvalue weighted by molar-refractivity contribution is -0.135. The molecule has 0 N–H and O–H groups in total. The molecule has 20 heavy (non-hydrogen) atoms. The molecule has 2 aliphatic rings. The topological polar surface area (TPSA) is 70.2 Å². The van der Waals surface area contributed by atoms with Gasteiger partial charge < -0.3 is 9.64 Å². The molecule has 0 spiro atoms. The molecule has 4 amide bonds. The number of nitrogens with zero attached hydrogens (tertiary/aromatic N) is 3. The van der Waals surface area contributed by atoms with Crippen molar-refractivity contribution < 1.29 is 19.1 Å². The second-order valence-electron chi connectivity index (χ2n) is 4.68. The third kappa shape index (κ3) is 1.77. The molecule has 2 heterocycles. The van der Waals surface area contributed by atoms with Gasteiger partial charge >= 0.3 is 6.03 Å². The van der Waals surface area contributed by atoms with Gasteiger partial charge in [0.1, 0.15) is 5.76 Å². The Morgan fingerprint density at radius 1 is 1.00 bits per heavy atom. The zero-order valence-electron chi connectivity index (χ0n) is 12.2. The van der Waals surface area contributed by atoms with E-state index in [2.05, 4.69) is 0 Å². The summed E-state index contributed by atoms with van der Waals surface area (Å²) in [5.74, 6) is -0.468. The maximum absolute atomic E-state index is 12.3. The van der Waals surface area contributed by atoms with E-state index in [9.17, 15) is 14.4 Å². The Bertz CT molecular complexity index is 576. The molecule has 1 saturated heterocycles. The van der Waals surface area contributed by atoms with Gasteiger partial charge in [-0.2, -0.15) is 0 Å². The second-order valence-corrected chi connectivity index (χ2v) is 4.68. The van der Waals surface area contributed by atoms with Crippen molar-refractivity contribution in [2.75, 3.05) is 20.6 Å². The van der Waals surface area contributed by atoms with Crippen LogP contribution in [-0.4, -0.2) is 53.2 Å². The van der Waals surface area contributed by atoms with Gasteiger partial charge in [0.2, 0.25) is 5.88 Å². The number of rotatable bonds is 1. The fourth-order valence-corrected chi connectivity index (χ4v) is 2.11. The van der Waals surface area contributed by atoms with Crippen molar-refractivity contribution in [3.8, 4) is 0 Å². The van der Waals surface area contributed by atoms with Crippen molar-refractivity contribution in [2.24, 2.45) is 0 Å². The summed E-state index contributed by atoms with van der Waals surface area (Å²) in [6.07, 6.45) is 0. The molecule has 0 aromatic heterocycles. The van der Waals surface area contributed by atoms with Gasteiger partial charge in [0, 0.05) is 20.6 Å². The molecule has 0 radical (unpaired) electrons. The Morgan fingerprint density at radius 3 is 2.05 bits per heavy atom.